The highest BCUT2D eigenvalue weighted by Crippen LogP contribution is 2.04. The number of H-pyrrole nitrogens is 1. The number of aromatic nitrogens is 2. The molecule has 0 aliphatic carbocycles. The molecule has 0 saturated heterocycles. The molecular weight excluding hydrogens is 166 g/mol. The van der Waals surface area contributed by atoms with Crippen molar-refractivity contribution in [3.05, 3.63) is 18.0 Å². The average molecular weight is 181 g/mol. The second-order valence-electron chi connectivity index (χ2n) is 3.47. The third kappa shape index (κ3) is 2.66. The molecule has 0 unspecified atom stereocenters. The minimum Gasteiger partial charge on any atom is -0.321 e. The predicted molar refractivity (Wildman–Crippen MR) is 50.1 cm³/mol. The molecule has 1 heterocycles. The first-order valence-electron chi connectivity index (χ1n) is 4.38. The van der Waals surface area contributed by atoms with E-state index in [1.807, 2.05) is 13.8 Å². The van der Waals surface area contributed by atoms with E-state index in [0.717, 1.165) is 5.56 Å². The van der Waals surface area contributed by atoms with Gasteiger partial charge in [0.05, 0.1) is 12.2 Å². The van der Waals surface area contributed by atoms with Crippen LogP contribution in [0, 0.1) is 5.92 Å². The lowest BCUT2D eigenvalue weighted by Gasteiger charge is -2.11. The van der Waals surface area contributed by atoms with Gasteiger partial charge in [-0.05, 0) is 12.0 Å². The van der Waals surface area contributed by atoms with Gasteiger partial charge in [-0.25, -0.2) is 0 Å². The largest absolute Gasteiger partial charge is 0.321 e. The van der Waals surface area contributed by atoms with Gasteiger partial charge in [0.1, 0.15) is 0 Å². The Hall–Kier alpha value is -1.16. The molecule has 0 spiro atoms. The van der Waals surface area contributed by atoms with E-state index in [9.17, 15) is 4.79 Å². The van der Waals surface area contributed by atoms with Crippen molar-refractivity contribution in [2.75, 3.05) is 0 Å². The highest BCUT2D eigenvalue weighted by molar-refractivity contribution is 5.85. The molecule has 1 atom stereocenters. The molecule has 0 radical (unpaired) electrons. The monoisotopic (exact) mass is 181 g/mol. The van der Waals surface area contributed by atoms with Gasteiger partial charge in [0.2, 0.25) is 0 Å². The van der Waals surface area contributed by atoms with Gasteiger partial charge in [0, 0.05) is 12.1 Å². The lowest BCUT2D eigenvalue weighted by atomic mass is 9.98. The first-order valence-corrected chi connectivity index (χ1v) is 4.38. The molecule has 4 heteroatoms. The van der Waals surface area contributed by atoms with Gasteiger partial charge < -0.3 is 5.73 Å². The van der Waals surface area contributed by atoms with Crippen LogP contribution in [-0.4, -0.2) is 22.0 Å². The van der Waals surface area contributed by atoms with Crippen LogP contribution in [0.1, 0.15) is 19.4 Å². The van der Waals surface area contributed by atoms with Crippen LogP contribution in [0.15, 0.2) is 12.4 Å². The number of Topliss-reactive ketones (excluding diaryl/α,β-unsaturated/α-hetero) is 1. The summed E-state index contributed by atoms with van der Waals surface area (Å²) >= 11 is 0. The van der Waals surface area contributed by atoms with Gasteiger partial charge in [0.25, 0.3) is 0 Å². The van der Waals surface area contributed by atoms with Crippen LogP contribution in [0.2, 0.25) is 0 Å². The summed E-state index contributed by atoms with van der Waals surface area (Å²) in [5.41, 5.74) is 6.69. The Labute approximate surface area is 77.5 Å². The van der Waals surface area contributed by atoms with Crippen LogP contribution in [0.4, 0.5) is 0 Å². The smallest absolute Gasteiger partial charge is 0.152 e. The number of ketones is 1. The highest BCUT2D eigenvalue weighted by Gasteiger charge is 2.17. The highest BCUT2D eigenvalue weighted by atomic mass is 16.1. The van der Waals surface area contributed by atoms with Crippen molar-refractivity contribution >= 4 is 5.78 Å². The van der Waals surface area contributed by atoms with Crippen molar-refractivity contribution in [1.29, 1.82) is 0 Å². The molecule has 13 heavy (non-hydrogen) atoms. The summed E-state index contributed by atoms with van der Waals surface area (Å²) in [7, 11) is 0. The SMILES string of the molecule is CC(C)C(=O)[C@@H](N)Cc1cn[nH]c1. The Morgan fingerprint density at radius 3 is 2.85 bits per heavy atom. The number of hydrogen-bond donors (Lipinski definition) is 2. The second-order valence-corrected chi connectivity index (χ2v) is 3.47. The van der Waals surface area contributed by atoms with Crippen molar-refractivity contribution in [3.63, 3.8) is 0 Å². The minimum absolute atomic E-state index is 0.00176. The Kier molecular flexibility index (Phi) is 3.19. The number of nitrogens with one attached hydrogen (secondary N) is 1. The van der Waals surface area contributed by atoms with Gasteiger partial charge in [-0.15, -0.1) is 0 Å². The summed E-state index contributed by atoms with van der Waals surface area (Å²) in [6, 6.07) is -0.405. The van der Waals surface area contributed by atoms with E-state index in [1.165, 1.54) is 0 Å². The normalized spacial score (nSPS) is 13.2. The van der Waals surface area contributed by atoms with Crippen molar-refractivity contribution < 1.29 is 4.79 Å². The molecule has 0 bridgehead atoms. The zero-order valence-corrected chi connectivity index (χ0v) is 7.95. The maximum absolute atomic E-state index is 11.4. The first kappa shape index (κ1) is 9.92. The fraction of sp³-hybridized carbons (Fsp3) is 0.556. The summed E-state index contributed by atoms with van der Waals surface area (Å²) < 4.78 is 0. The Balaban J connectivity index is 2.51. The van der Waals surface area contributed by atoms with Crippen molar-refractivity contribution in [1.82, 2.24) is 10.2 Å². The molecule has 0 saturated carbocycles. The zero-order chi connectivity index (χ0) is 9.84. The molecule has 1 aromatic rings. The third-order valence-corrected chi connectivity index (χ3v) is 1.94. The van der Waals surface area contributed by atoms with Crippen LogP contribution in [0.25, 0.3) is 0 Å². The maximum Gasteiger partial charge on any atom is 0.152 e. The second kappa shape index (κ2) is 4.18. The number of hydrogen-bond acceptors (Lipinski definition) is 3. The molecule has 4 nitrogen and oxygen atoms in total. The van der Waals surface area contributed by atoms with Crippen LogP contribution >= 0.6 is 0 Å². The molecule has 1 aromatic heterocycles. The molecule has 0 aliphatic heterocycles. The van der Waals surface area contributed by atoms with Crippen LogP contribution in [0.5, 0.6) is 0 Å². The van der Waals surface area contributed by atoms with Gasteiger partial charge in [0.15, 0.2) is 5.78 Å². The summed E-state index contributed by atoms with van der Waals surface area (Å²) in [4.78, 5) is 11.4. The van der Waals surface area contributed by atoms with Crippen molar-refractivity contribution in [2.45, 2.75) is 26.3 Å². The molecule has 3 N–H and O–H groups in total. The maximum atomic E-state index is 11.4. The molecule has 0 amide bonds. The van der Waals surface area contributed by atoms with Crippen LogP contribution in [0.3, 0.4) is 0 Å². The van der Waals surface area contributed by atoms with Crippen molar-refractivity contribution in [3.8, 4) is 0 Å². The van der Waals surface area contributed by atoms with E-state index in [-0.39, 0.29) is 11.7 Å². The third-order valence-electron chi connectivity index (χ3n) is 1.94. The number of nitrogens with zero attached hydrogens (tertiary/aromatic N) is 1. The number of aromatic amines is 1. The topological polar surface area (TPSA) is 71.8 Å². The summed E-state index contributed by atoms with van der Waals surface area (Å²) in [5.74, 6) is 0.100. The summed E-state index contributed by atoms with van der Waals surface area (Å²) in [5, 5.41) is 6.47. The molecule has 72 valence electrons. The standard InChI is InChI=1S/C9H15N3O/c1-6(2)9(13)8(10)3-7-4-11-12-5-7/h4-6,8H,3,10H2,1-2H3,(H,11,12)/t8-/m0/s1. The quantitative estimate of drug-likeness (QED) is 0.710. The fourth-order valence-electron chi connectivity index (χ4n) is 1.17. The molecule has 1 rings (SSSR count). The summed E-state index contributed by atoms with van der Waals surface area (Å²) in [6.07, 6.45) is 4.01. The Morgan fingerprint density at radius 1 is 1.69 bits per heavy atom. The van der Waals surface area contributed by atoms with Gasteiger partial charge in [-0.2, -0.15) is 5.10 Å². The Bertz CT molecular complexity index is 266. The lowest BCUT2D eigenvalue weighted by molar-refractivity contribution is -0.123. The first-order chi connectivity index (χ1) is 6.11. The molecule has 0 aliphatic rings. The predicted octanol–water partition coefficient (Wildman–Crippen LogP) is 0.505. The number of carbonyl (C=O) groups excluding carboxylic acids is 1. The van der Waals surface area contributed by atoms with Crippen molar-refractivity contribution in [2.24, 2.45) is 11.7 Å². The zero-order valence-electron chi connectivity index (χ0n) is 7.95. The van der Waals surface area contributed by atoms with E-state index in [1.54, 1.807) is 12.4 Å². The van der Waals surface area contributed by atoms with E-state index in [4.69, 9.17) is 5.73 Å². The summed E-state index contributed by atoms with van der Waals surface area (Å²) in [6.45, 7) is 3.72. The number of nitrogens with two attached hydrogens (primary N) is 1. The van der Waals surface area contributed by atoms with Gasteiger partial charge in [-0.3, -0.25) is 9.89 Å². The lowest BCUT2D eigenvalue weighted by Crippen LogP contribution is -2.35. The average Bonchev–Trinajstić information content (AvgIpc) is 2.55. The number of carbonyl (C=O) groups is 1. The van der Waals surface area contributed by atoms with Crippen LogP contribution in [-0.2, 0) is 11.2 Å². The fourth-order valence-corrected chi connectivity index (χ4v) is 1.17. The van der Waals surface area contributed by atoms with E-state index < -0.39 is 6.04 Å². The molecular formula is C9H15N3O. The van der Waals surface area contributed by atoms with Gasteiger partial charge in [-0.1, -0.05) is 13.8 Å². The van der Waals surface area contributed by atoms with Gasteiger partial charge >= 0.3 is 0 Å². The van der Waals surface area contributed by atoms with E-state index in [2.05, 4.69) is 10.2 Å². The minimum atomic E-state index is -0.405. The molecule has 0 fully saturated rings. The number of rotatable bonds is 4. The van der Waals surface area contributed by atoms with E-state index in [0.29, 0.717) is 6.42 Å². The Morgan fingerprint density at radius 2 is 2.38 bits per heavy atom. The molecule has 0 aromatic carbocycles. The van der Waals surface area contributed by atoms with Crippen LogP contribution < -0.4 is 5.73 Å². The van der Waals surface area contributed by atoms with E-state index >= 15 is 0 Å².